The molecular weight excluding hydrogens is 375 g/mol. The number of nitrogens with zero attached hydrogens (tertiary/aromatic N) is 3. The van der Waals surface area contributed by atoms with Crippen LogP contribution >= 0.6 is 15.9 Å². The summed E-state index contributed by atoms with van der Waals surface area (Å²) in [5, 5.41) is 7.11. The molecule has 0 radical (unpaired) electrons. The molecular formula is C17H14BrFN4O. The molecule has 0 atom stereocenters. The van der Waals surface area contributed by atoms with Crippen LogP contribution in [0, 0.1) is 19.7 Å². The molecule has 1 N–H and O–H groups in total. The average molecular weight is 389 g/mol. The Kier molecular flexibility index (Phi) is 4.44. The fourth-order valence-corrected chi connectivity index (χ4v) is 2.72. The van der Waals surface area contributed by atoms with Gasteiger partial charge in [-0.2, -0.15) is 5.10 Å². The molecule has 0 saturated carbocycles. The summed E-state index contributed by atoms with van der Waals surface area (Å²) in [6, 6.07) is 10.5. The van der Waals surface area contributed by atoms with Gasteiger partial charge in [-0.1, -0.05) is 6.07 Å². The molecule has 24 heavy (non-hydrogen) atoms. The summed E-state index contributed by atoms with van der Waals surface area (Å²) in [5.41, 5.74) is 3.19. The topological polar surface area (TPSA) is 59.8 Å². The summed E-state index contributed by atoms with van der Waals surface area (Å²) < 4.78 is 15.9. The smallest absolute Gasteiger partial charge is 0.258 e. The maximum atomic E-state index is 13.8. The molecule has 3 rings (SSSR count). The summed E-state index contributed by atoms with van der Waals surface area (Å²) >= 11 is 3.13. The maximum absolute atomic E-state index is 13.8. The van der Waals surface area contributed by atoms with Crippen molar-refractivity contribution in [2.75, 3.05) is 5.32 Å². The number of anilines is 1. The Balaban J connectivity index is 1.88. The van der Waals surface area contributed by atoms with Gasteiger partial charge in [0, 0.05) is 11.4 Å². The lowest BCUT2D eigenvalue weighted by molar-refractivity contribution is 0.102. The zero-order valence-electron chi connectivity index (χ0n) is 13.0. The van der Waals surface area contributed by atoms with Crippen molar-refractivity contribution in [1.82, 2.24) is 14.8 Å². The van der Waals surface area contributed by atoms with Crippen molar-refractivity contribution in [1.29, 1.82) is 0 Å². The second-order valence-corrected chi connectivity index (χ2v) is 6.14. The number of nitrogens with one attached hydrogen (secondary N) is 1. The molecule has 122 valence electrons. The molecule has 1 aromatic carbocycles. The lowest BCUT2D eigenvalue weighted by atomic mass is 10.2. The molecule has 5 nitrogen and oxygen atoms in total. The van der Waals surface area contributed by atoms with Gasteiger partial charge in [-0.25, -0.2) is 14.1 Å². The van der Waals surface area contributed by atoms with Crippen LogP contribution in [0.15, 0.2) is 47.2 Å². The molecule has 2 aromatic heterocycles. The van der Waals surface area contributed by atoms with E-state index in [1.54, 1.807) is 22.9 Å². The number of pyridine rings is 1. The van der Waals surface area contributed by atoms with E-state index in [1.165, 1.54) is 6.07 Å². The van der Waals surface area contributed by atoms with E-state index >= 15 is 0 Å². The van der Waals surface area contributed by atoms with E-state index in [1.807, 2.05) is 26.0 Å². The van der Waals surface area contributed by atoms with Crippen LogP contribution in [0.4, 0.5) is 10.1 Å². The predicted octanol–water partition coefficient (Wildman–Crippen LogP) is 4.04. The first-order chi connectivity index (χ1) is 11.4. The van der Waals surface area contributed by atoms with Gasteiger partial charge < -0.3 is 5.32 Å². The average Bonchev–Trinajstić information content (AvgIpc) is 2.88. The highest BCUT2D eigenvalue weighted by atomic mass is 79.9. The number of carbonyl (C=O) groups excluding carboxylic acids is 1. The number of carbonyl (C=O) groups is 1. The van der Waals surface area contributed by atoms with Crippen LogP contribution in [-0.2, 0) is 0 Å². The number of aryl methyl sites for hydroxylation is 2. The van der Waals surface area contributed by atoms with Gasteiger partial charge in [0.05, 0.1) is 23.1 Å². The van der Waals surface area contributed by atoms with Crippen LogP contribution in [0.25, 0.3) is 5.69 Å². The first kappa shape index (κ1) is 16.3. The number of benzene rings is 1. The standard InChI is InChI=1S/C17H14BrFN4O/c1-10-6-11(2)23(22-10)13-5-3-4-12(7-13)21-17(24)14-8-16(18)20-9-15(14)19/h3-9H,1-2H3,(H,21,24). The van der Waals surface area contributed by atoms with E-state index in [4.69, 9.17) is 0 Å². The fourth-order valence-electron chi connectivity index (χ4n) is 2.39. The van der Waals surface area contributed by atoms with Gasteiger partial charge in [-0.15, -0.1) is 0 Å². The van der Waals surface area contributed by atoms with Crippen molar-refractivity contribution < 1.29 is 9.18 Å². The van der Waals surface area contributed by atoms with E-state index in [2.05, 4.69) is 31.3 Å². The first-order valence-electron chi connectivity index (χ1n) is 7.20. The Labute approximate surface area is 146 Å². The molecule has 1 amide bonds. The van der Waals surface area contributed by atoms with Gasteiger partial charge in [0.2, 0.25) is 0 Å². The van der Waals surface area contributed by atoms with Crippen molar-refractivity contribution in [3.63, 3.8) is 0 Å². The molecule has 0 fully saturated rings. The number of hydrogen-bond acceptors (Lipinski definition) is 3. The third-order valence-corrected chi connectivity index (χ3v) is 3.86. The van der Waals surface area contributed by atoms with E-state index in [0.29, 0.717) is 10.3 Å². The predicted molar refractivity (Wildman–Crippen MR) is 92.9 cm³/mol. The largest absolute Gasteiger partial charge is 0.322 e. The Bertz CT molecular complexity index is 923. The number of halogens is 2. The van der Waals surface area contributed by atoms with Gasteiger partial charge in [0.1, 0.15) is 4.60 Å². The minimum Gasteiger partial charge on any atom is -0.322 e. The molecule has 0 aliphatic carbocycles. The van der Waals surface area contributed by atoms with Crippen molar-refractivity contribution >= 4 is 27.5 Å². The molecule has 0 aliphatic heterocycles. The normalized spacial score (nSPS) is 10.7. The SMILES string of the molecule is Cc1cc(C)n(-c2cccc(NC(=O)c3cc(Br)ncc3F)c2)n1. The van der Waals surface area contributed by atoms with Crippen molar-refractivity contribution in [3.8, 4) is 5.69 Å². The summed E-state index contributed by atoms with van der Waals surface area (Å²) in [6.07, 6.45) is 1.01. The minimum atomic E-state index is -0.676. The monoisotopic (exact) mass is 388 g/mol. The highest BCUT2D eigenvalue weighted by molar-refractivity contribution is 9.10. The summed E-state index contributed by atoms with van der Waals surface area (Å²) in [6.45, 7) is 3.87. The van der Waals surface area contributed by atoms with Crippen LogP contribution in [-0.4, -0.2) is 20.7 Å². The van der Waals surface area contributed by atoms with Gasteiger partial charge in [0.15, 0.2) is 5.82 Å². The second-order valence-electron chi connectivity index (χ2n) is 5.33. The molecule has 3 aromatic rings. The van der Waals surface area contributed by atoms with Gasteiger partial charge in [-0.3, -0.25) is 4.79 Å². The van der Waals surface area contributed by atoms with Crippen LogP contribution in [0.5, 0.6) is 0 Å². The van der Waals surface area contributed by atoms with Gasteiger partial charge in [-0.05, 0) is 60.1 Å². The zero-order chi connectivity index (χ0) is 17.3. The highest BCUT2D eigenvalue weighted by Gasteiger charge is 2.14. The van der Waals surface area contributed by atoms with Crippen molar-refractivity contribution in [3.05, 3.63) is 70.0 Å². The zero-order valence-corrected chi connectivity index (χ0v) is 14.6. The number of hydrogen-bond donors (Lipinski definition) is 1. The van der Waals surface area contributed by atoms with Crippen LogP contribution in [0.3, 0.4) is 0 Å². The van der Waals surface area contributed by atoms with Crippen LogP contribution in [0.2, 0.25) is 0 Å². The lowest BCUT2D eigenvalue weighted by Crippen LogP contribution is -2.14. The molecule has 0 saturated heterocycles. The van der Waals surface area contributed by atoms with Crippen LogP contribution in [0.1, 0.15) is 21.7 Å². The molecule has 0 spiro atoms. The van der Waals surface area contributed by atoms with Crippen molar-refractivity contribution in [2.24, 2.45) is 0 Å². The number of rotatable bonds is 3. The minimum absolute atomic E-state index is 0.0756. The van der Waals surface area contributed by atoms with Crippen molar-refractivity contribution in [2.45, 2.75) is 13.8 Å². The molecule has 2 heterocycles. The summed E-state index contributed by atoms with van der Waals surface area (Å²) in [4.78, 5) is 16.0. The quantitative estimate of drug-likeness (QED) is 0.688. The second kappa shape index (κ2) is 6.52. The van der Waals surface area contributed by atoms with E-state index in [9.17, 15) is 9.18 Å². The number of aromatic nitrogens is 3. The molecule has 7 heteroatoms. The Morgan fingerprint density at radius 1 is 1.25 bits per heavy atom. The third-order valence-electron chi connectivity index (χ3n) is 3.42. The fraction of sp³-hybridized carbons (Fsp3) is 0.118. The van der Waals surface area contributed by atoms with Crippen LogP contribution < -0.4 is 5.32 Å². The lowest BCUT2D eigenvalue weighted by Gasteiger charge is -2.09. The Morgan fingerprint density at radius 2 is 2.04 bits per heavy atom. The van der Waals surface area contributed by atoms with E-state index in [-0.39, 0.29) is 5.56 Å². The third kappa shape index (κ3) is 3.35. The summed E-state index contributed by atoms with van der Waals surface area (Å²) in [7, 11) is 0. The number of amides is 1. The Morgan fingerprint density at radius 3 is 2.75 bits per heavy atom. The molecule has 0 aliphatic rings. The molecule has 0 unspecified atom stereocenters. The van der Waals surface area contributed by atoms with E-state index in [0.717, 1.165) is 23.3 Å². The maximum Gasteiger partial charge on any atom is 0.258 e. The first-order valence-corrected chi connectivity index (χ1v) is 7.99. The summed E-state index contributed by atoms with van der Waals surface area (Å²) in [5.74, 6) is -1.22. The Hall–Kier alpha value is -2.54. The van der Waals surface area contributed by atoms with E-state index < -0.39 is 11.7 Å². The highest BCUT2D eigenvalue weighted by Crippen LogP contribution is 2.19. The van der Waals surface area contributed by atoms with Gasteiger partial charge in [0.25, 0.3) is 5.91 Å². The molecule has 0 bridgehead atoms. The van der Waals surface area contributed by atoms with Gasteiger partial charge >= 0.3 is 0 Å².